The van der Waals surface area contributed by atoms with Gasteiger partial charge in [0.05, 0.1) is 0 Å². The molecule has 0 aromatic carbocycles. The van der Waals surface area contributed by atoms with Crippen LogP contribution in [0.15, 0.2) is 0 Å². The van der Waals surface area contributed by atoms with Gasteiger partial charge in [-0.2, -0.15) is 0 Å². The minimum Gasteiger partial charge on any atom is -0.480 e. The highest BCUT2D eigenvalue weighted by atomic mass is 16.4. The topological polar surface area (TPSA) is 69.6 Å². The van der Waals surface area contributed by atoms with Gasteiger partial charge >= 0.3 is 5.97 Å². The Morgan fingerprint density at radius 2 is 1.88 bits per heavy atom. The summed E-state index contributed by atoms with van der Waals surface area (Å²) in [4.78, 5) is 24.0. The van der Waals surface area contributed by atoms with Gasteiger partial charge in [-0.15, -0.1) is 0 Å². The lowest BCUT2D eigenvalue weighted by atomic mass is 9.98. The van der Waals surface area contributed by atoms with E-state index in [1.807, 2.05) is 0 Å². The predicted octanol–water partition coefficient (Wildman–Crippen LogP) is 0.452. The van der Waals surface area contributed by atoms with Crippen molar-refractivity contribution in [2.45, 2.75) is 37.6 Å². The van der Waals surface area contributed by atoms with Crippen LogP contribution in [0.3, 0.4) is 0 Å². The summed E-state index contributed by atoms with van der Waals surface area (Å²) in [5, 5.41) is 12.2. The number of hydrogen-bond acceptors (Lipinski definition) is 3. The van der Waals surface area contributed by atoms with Gasteiger partial charge in [-0.1, -0.05) is 12.8 Å². The summed E-state index contributed by atoms with van der Waals surface area (Å²) in [7, 11) is 3.40. The number of hydrogen-bond donors (Lipinski definition) is 2. The van der Waals surface area contributed by atoms with E-state index in [1.165, 1.54) is 4.90 Å². The Morgan fingerprint density at radius 3 is 2.31 bits per heavy atom. The highest BCUT2D eigenvalue weighted by Crippen LogP contribution is 2.29. The van der Waals surface area contributed by atoms with Gasteiger partial charge in [0.15, 0.2) is 0 Å². The summed E-state index contributed by atoms with van der Waals surface area (Å²) in [6.45, 7) is 0.434. The normalized spacial score (nSPS) is 18.4. The van der Waals surface area contributed by atoms with Gasteiger partial charge in [-0.25, -0.2) is 0 Å². The summed E-state index contributed by atoms with van der Waals surface area (Å²) >= 11 is 0. The third kappa shape index (κ3) is 2.95. The molecule has 1 amide bonds. The molecule has 1 aliphatic rings. The number of amides is 1. The fourth-order valence-electron chi connectivity index (χ4n) is 2.08. The molecule has 0 unspecified atom stereocenters. The molecule has 5 heteroatoms. The molecule has 0 radical (unpaired) electrons. The van der Waals surface area contributed by atoms with Gasteiger partial charge in [0.25, 0.3) is 0 Å². The van der Waals surface area contributed by atoms with Crippen molar-refractivity contribution in [1.29, 1.82) is 0 Å². The Hall–Kier alpha value is -1.10. The second kappa shape index (κ2) is 5.30. The molecule has 0 aromatic heterocycles. The van der Waals surface area contributed by atoms with Crippen LogP contribution >= 0.6 is 0 Å². The van der Waals surface area contributed by atoms with Crippen LogP contribution in [0.25, 0.3) is 0 Å². The average molecular weight is 228 g/mol. The molecule has 0 spiro atoms. The van der Waals surface area contributed by atoms with Crippen molar-refractivity contribution < 1.29 is 14.7 Å². The van der Waals surface area contributed by atoms with Crippen LogP contribution in [0, 0.1) is 0 Å². The molecule has 0 atom stereocenters. The Kier molecular flexibility index (Phi) is 4.29. The van der Waals surface area contributed by atoms with Crippen LogP contribution in [-0.4, -0.2) is 48.1 Å². The summed E-state index contributed by atoms with van der Waals surface area (Å²) in [5.74, 6) is -0.770. The van der Waals surface area contributed by atoms with Gasteiger partial charge < -0.3 is 15.3 Å². The number of carbonyl (C=O) groups is 2. The zero-order valence-corrected chi connectivity index (χ0v) is 9.95. The van der Waals surface area contributed by atoms with Crippen molar-refractivity contribution in [3.8, 4) is 0 Å². The van der Waals surface area contributed by atoms with Crippen molar-refractivity contribution >= 4 is 11.9 Å². The molecule has 0 aliphatic heterocycles. The number of carboxylic acids is 1. The number of rotatable bonds is 5. The zero-order chi connectivity index (χ0) is 12.2. The van der Waals surface area contributed by atoms with Crippen molar-refractivity contribution in [3.05, 3.63) is 0 Å². The largest absolute Gasteiger partial charge is 0.480 e. The molecule has 1 saturated carbocycles. The third-order valence-corrected chi connectivity index (χ3v) is 3.17. The van der Waals surface area contributed by atoms with E-state index in [1.54, 1.807) is 14.1 Å². The van der Waals surface area contributed by atoms with Crippen LogP contribution in [0.4, 0.5) is 0 Å². The van der Waals surface area contributed by atoms with Crippen LogP contribution in [0.5, 0.6) is 0 Å². The Bertz CT molecular complexity index is 270. The quantitative estimate of drug-likeness (QED) is 0.717. The maximum absolute atomic E-state index is 11.3. The van der Waals surface area contributed by atoms with E-state index < -0.39 is 11.5 Å². The van der Waals surface area contributed by atoms with E-state index in [0.29, 0.717) is 25.8 Å². The number of nitrogens with one attached hydrogen (secondary N) is 1. The zero-order valence-electron chi connectivity index (χ0n) is 9.95. The maximum atomic E-state index is 11.3. The monoisotopic (exact) mass is 228 g/mol. The Labute approximate surface area is 95.8 Å². The number of aliphatic carboxylic acids is 1. The Morgan fingerprint density at radius 1 is 1.31 bits per heavy atom. The molecule has 0 saturated heterocycles. The van der Waals surface area contributed by atoms with Crippen molar-refractivity contribution in [2.24, 2.45) is 0 Å². The van der Waals surface area contributed by atoms with Gasteiger partial charge in [0, 0.05) is 27.1 Å². The fourth-order valence-corrected chi connectivity index (χ4v) is 2.08. The molecule has 5 nitrogen and oxygen atoms in total. The standard InChI is InChI=1S/C11H20N2O3/c1-13(2)9(14)5-8-12-11(10(15)16)6-3-4-7-11/h12H,3-8H2,1-2H3,(H,15,16). The Balaban J connectivity index is 2.40. The summed E-state index contributed by atoms with van der Waals surface area (Å²) in [6, 6.07) is 0. The van der Waals surface area contributed by atoms with Crippen LogP contribution < -0.4 is 5.32 Å². The van der Waals surface area contributed by atoms with Crippen LogP contribution in [-0.2, 0) is 9.59 Å². The van der Waals surface area contributed by atoms with E-state index in [4.69, 9.17) is 0 Å². The molecule has 0 aromatic rings. The lowest BCUT2D eigenvalue weighted by Crippen LogP contribution is -2.50. The molecule has 1 rings (SSSR count). The van der Waals surface area contributed by atoms with Gasteiger partial charge in [0.1, 0.15) is 5.54 Å². The molecule has 1 fully saturated rings. The summed E-state index contributed by atoms with van der Waals surface area (Å²) < 4.78 is 0. The molecule has 92 valence electrons. The first-order chi connectivity index (χ1) is 7.48. The average Bonchev–Trinajstić information content (AvgIpc) is 2.67. The fraction of sp³-hybridized carbons (Fsp3) is 0.818. The number of carbonyl (C=O) groups excluding carboxylic acids is 1. The van der Waals surface area contributed by atoms with Crippen molar-refractivity contribution in [1.82, 2.24) is 10.2 Å². The van der Waals surface area contributed by atoms with Crippen molar-refractivity contribution in [2.75, 3.05) is 20.6 Å². The van der Waals surface area contributed by atoms with E-state index in [9.17, 15) is 14.7 Å². The lowest BCUT2D eigenvalue weighted by molar-refractivity contribution is -0.145. The molecule has 0 bridgehead atoms. The molecular weight excluding hydrogens is 208 g/mol. The first-order valence-electron chi connectivity index (χ1n) is 5.66. The number of nitrogens with zero attached hydrogens (tertiary/aromatic N) is 1. The SMILES string of the molecule is CN(C)C(=O)CCNC1(C(=O)O)CCCC1. The molecular formula is C11H20N2O3. The minimum absolute atomic E-state index is 0.0195. The van der Waals surface area contributed by atoms with E-state index in [-0.39, 0.29) is 5.91 Å². The maximum Gasteiger partial charge on any atom is 0.323 e. The minimum atomic E-state index is -0.790. The van der Waals surface area contributed by atoms with E-state index in [2.05, 4.69) is 5.32 Å². The summed E-state index contributed by atoms with van der Waals surface area (Å²) in [5.41, 5.74) is -0.785. The first-order valence-corrected chi connectivity index (χ1v) is 5.66. The highest BCUT2D eigenvalue weighted by Gasteiger charge is 2.40. The molecule has 2 N–H and O–H groups in total. The van der Waals surface area contributed by atoms with Crippen LogP contribution in [0.1, 0.15) is 32.1 Å². The number of carboxylic acid groups (broad SMARTS) is 1. The van der Waals surface area contributed by atoms with Crippen LogP contribution in [0.2, 0.25) is 0 Å². The van der Waals surface area contributed by atoms with Gasteiger partial charge in [0.2, 0.25) is 5.91 Å². The highest BCUT2D eigenvalue weighted by molar-refractivity contribution is 5.79. The predicted molar refractivity (Wildman–Crippen MR) is 60.1 cm³/mol. The summed E-state index contributed by atoms with van der Waals surface area (Å²) in [6.07, 6.45) is 3.57. The molecule has 0 heterocycles. The second-order valence-corrected chi connectivity index (χ2v) is 4.56. The van der Waals surface area contributed by atoms with Crippen molar-refractivity contribution in [3.63, 3.8) is 0 Å². The second-order valence-electron chi connectivity index (χ2n) is 4.56. The first kappa shape index (κ1) is 13.0. The molecule has 16 heavy (non-hydrogen) atoms. The molecule has 1 aliphatic carbocycles. The lowest BCUT2D eigenvalue weighted by Gasteiger charge is -2.25. The van der Waals surface area contributed by atoms with Gasteiger partial charge in [-0.05, 0) is 12.8 Å². The smallest absolute Gasteiger partial charge is 0.323 e. The third-order valence-electron chi connectivity index (χ3n) is 3.17. The van der Waals surface area contributed by atoms with E-state index in [0.717, 1.165) is 12.8 Å². The van der Waals surface area contributed by atoms with Gasteiger partial charge in [-0.3, -0.25) is 9.59 Å². The van der Waals surface area contributed by atoms with E-state index >= 15 is 0 Å².